The summed E-state index contributed by atoms with van der Waals surface area (Å²) in [5.74, 6) is -2.63. The number of ether oxygens (including phenoxy) is 6. The normalized spacial score (nSPS) is 51.3. The first-order chi connectivity index (χ1) is 23.5. The Bertz CT molecular complexity index is 1130. The molecule has 3 rings (SSSR count). The van der Waals surface area contributed by atoms with Crippen molar-refractivity contribution < 1.29 is 58.7 Å². The molecular weight excluding hydrogens is 664 g/mol. The van der Waals surface area contributed by atoms with Crippen LogP contribution < -0.4 is 10.6 Å². The highest BCUT2D eigenvalue weighted by atomic mass is 16.7. The number of methoxy groups -OCH3 is 1. The number of nitrogens with one attached hydrogen (secondary N) is 2. The van der Waals surface area contributed by atoms with Gasteiger partial charge >= 0.3 is 5.97 Å². The van der Waals surface area contributed by atoms with Crippen molar-refractivity contribution in [2.75, 3.05) is 20.7 Å². The number of carbonyl (C=O) groups is 1. The summed E-state index contributed by atoms with van der Waals surface area (Å²) in [5.41, 5.74) is -5.81. The maximum atomic E-state index is 14.1. The molecule has 300 valence electrons. The SMILES string of the molecule is CC[C@H]1OC(=O)[C@H](C)[C@@H](O[C@H]2C[C@@](C)(OC)[C@@](C)(O)[C@H](C)O2)[C@H](C)[C@@H](O[C@@H]2O[C@H](C)C[C@H](NC)[C@H]2O)[C@](C)(O)C[C@@H](C)CN[C@H](C)[C@@H](O)[C@]1(C)O. The van der Waals surface area contributed by atoms with E-state index in [-0.39, 0.29) is 37.3 Å². The quantitative estimate of drug-likeness (QED) is 0.186. The fourth-order valence-electron chi connectivity index (χ4n) is 8.30. The Morgan fingerprint density at radius 1 is 0.961 bits per heavy atom. The van der Waals surface area contributed by atoms with Gasteiger partial charge in [0.25, 0.3) is 0 Å². The van der Waals surface area contributed by atoms with Crippen LogP contribution in [0.25, 0.3) is 0 Å². The molecule has 0 unspecified atom stereocenters. The summed E-state index contributed by atoms with van der Waals surface area (Å²) in [4.78, 5) is 14.1. The van der Waals surface area contributed by atoms with Gasteiger partial charge in [0.2, 0.25) is 0 Å². The first-order valence-corrected chi connectivity index (χ1v) is 18.8. The van der Waals surface area contributed by atoms with Crippen molar-refractivity contribution in [1.82, 2.24) is 10.6 Å². The van der Waals surface area contributed by atoms with Gasteiger partial charge in [-0.1, -0.05) is 20.8 Å². The van der Waals surface area contributed by atoms with E-state index in [4.69, 9.17) is 28.4 Å². The van der Waals surface area contributed by atoms with Crippen LogP contribution >= 0.6 is 0 Å². The minimum atomic E-state index is -1.80. The molecule has 0 spiro atoms. The van der Waals surface area contributed by atoms with Crippen LogP contribution in [0.4, 0.5) is 0 Å². The average molecular weight is 735 g/mol. The summed E-state index contributed by atoms with van der Waals surface area (Å²) in [6, 6.07) is -0.915. The standard InChI is InChI=1S/C37H70N2O12/c1-14-26-36(10,44)30(41)23(6)39-18-19(2)16-34(8,43)31(51-33-28(40)25(38-12)15-20(3)47-33)21(4)29(22(5)32(42)49-26)50-27-17-35(9,46-13)37(11,45)24(7)48-27/h19-31,33,38-41,43-45H,14-18H2,1-13H3/t19-,20-,21+,22-,23-,24+,25+,26-,27+,28-,29+,30-,31-,33+,34-,35-,36-,37+/m1/s1. The second kappa shape index (κ2) is 17.2. The van der Waals surface area contributed by atoms with Gasteiger partial charge in [-0.15, -0.1) is 0 Å². The molecule has 0 radical (unpaired) electrons. The zero-order valence-corrected chi connectivity index (χ0v) is 33.2. The Labute approximate surface area is 305 Å². The van der Waals surface area contributed by atoms with Crippen LogP contribution in [0.5, 0.6) is 0 Å². The number of carbonyl (C=O) groups excluding carboxylic acids is 1. The number of aliphatic hydroxyl groups is 5. The molecule has 0 amide bonds. The van der Waals surface area contributed by atoms with E-state index in [0.717, 1.165) is 0 Å². The molecule has 3 aliphatic heterocycles. The van der Waals surface area contributed by atoms with Crippen molar-refractivity contribution in [1.29, 1.82) is 0 Å². The lowest BCUT2D eigenvalue weighted by Crippen LogP contribution is -2.65. The molecule has 3 heterocycles. The van der Waals surface area contributed by atoms with E-state index >= 15 is 0 Å². The van der Waals surface area contributed by atoms with Gasteiger partial charge in [-0.3, -0.25) is 4.79 Å². The molecule has 14 nitrogen and oxygen atoms in total. The largest absolute Gasteiger partial charge is 0.459 e. The Kier molecular flexibility index (Phi) is 15.0. The van der Waals surface area contributed by atoms with Crippen molar-refractivity contribution in [3.63, 3.8) is 0 Å². The molecule has 3 aliphatic rings. The van der Waals surface area contributed by atoms with Crippen LogP contribution in [-0.2, 0) is 33.2 Å². The van der Waals surface area contributed by atoms with E-state index in [0.29, 0.717) is 13.0 Å². The first kappa shape index (κ1) is 44.4. The number of hydrogen-bond acceptors (Lipinski definition) is 14. The second-order valence-electron chi connectivity index (χ2n) is 16.6. The van der Waals surface area contributed by atoms with Crippen molar-refractivity contribution >= 4 is 5.97 Å². The number of esters is 1. The Balaban J connectivity index is 2.15. The molecule has 0 aromatic heterocycles. The molecule has 0 aromatic rings. The van der Waals surface area contributed by atoms with Crippen LogP contribution in [0.2, 0.25) is 0 Å². The Morgan fingerprint density at radius 3 is 2.16 bits per heavy atom. The predicted molar refractivity (Wildman–Crippen MR) is 190 cm³/mol. The van der Waals surface area contributed by atoms with Gasteiger partial charge in [0.1, 0.15) is 35.1 Å². The Morgan fingerprint density at radius 2 is 1.59 bits per heavy atom. The van der Waals surface area contributed by atoms with E-state index in [1.54, 1.807) is 62.4 Å². The van der Waals surface area contributed by atoms with Crippen molar-refractivity contribution in [2.24, 2.45) is 17.8 Å². The van der Waals surface area contributed by atoms with Crippen molar-refractivity contribution in [2.45, 2.75) is 192 Å². The van der Waals surface area contributed by atoms with Gasteiger partial charge in [0.05, 0.1) is 35.9 Å². The van der Waals surface area contributed by atoms with E-state index in [2.05, 4.69) is 10.6 Å². The summed E-state index contributed by atoms with van der Waals surface area (Å²) >= 11 is 0. The molecule has 51 heavy (non-hydrogen) atoms. The van der Waals surface area contributed by atoms with Gasteiger partial charge in [0, 0.05) is 31.5 Å². The molecular formula is C37H70N2O12. The van der Waals surface area contributed by atoms with Crippen LogP contribution in [-0.4, -0.2) is 142 Å². The average Bonchev–Trinajstić information content (AvgIpc) is 3.05. The summed E-state index contributed by atoms with van der Waals surface area (Å²) < 4.78 is 37.5. The lowest BCUT2D eigenvalue weighted by atomic mass is 9.76. The molecule has 0 bridgehead atoms. The minimum Gasteiger partial charge on any atom is -0.459 e. The minimum absolute atomic E-state index is 0.110. The van der Waals surface area contributed by atoms with Gasteiger partial charge in [-0.05, 0) is 94.2 Å². The fourth-order valence-corrected chi connectivity index (χ4v) is 8.30. The van der Waals surface area contributed by atoms with Gasteiger partial charge in [-0.25, -0.2) is 0 Å². The molecule has 3 saturated heterocycles. The molecule has 3 fully saturated rings. The van der Waals surface area contributed by atoms with Crippen LogP contribution in [0.1, 0.15) is 102 Å². The molecule has 0 saturated carbocycles. The summed E-state index contributed by atoms with van der Waals surface area (Å²) in [6.45, 7) is 19.4. The molecule has 0 aliphatic carbocycles. The number of aliphatic hydroxyl groups excluding tert-OH is 2. The van der Waals surface area contributed by atoms with E-state index in [1.807, 2.05) is 13.8 Å². The molecule has 7 N–H and O–H groups in total. The number of likely N-dealkylation sites (N-methyl/N-ethyl adjacent to an activating group) is 1. The third kappa shape index (κ3) is 9.63. The summed E-state index contributed by atoms with van der Waals surface area (Å²) in [7, 11) is 3.27. The monoisotopic (exact) mass is 734 g/mol. The maximum Gasteiger partial charge on any atom is 0.311 e. The third-order valence-electron chi connectivity index (χ3n) is 12.2. The highest BCUT2D eigenvalue weighted by Crippen LogP contribution is 2.43. The van der Waals surface area contributed by atoms with E-state index in [9.17, 15) is 30.3 Å². The zero-order valence-electron chi connectivity index (χ0n) is 33.2. The predicted octanol–water partition coefficient (Wildman–Crippen LogP) is 1.61. The van der Waals surface area contributed by atoms with Gasteiger partial charge in [0.15, 0.2) is 12.6 Å². The second-order valence-corrected chi connectivity index (χ2v) is 16.6. The van der Waals surface area contributed by atoms with Crippen LogP contribution in [0.3, 0.4) is 0 Å². The number of cyclic esters (lactones) is 1. The lowest BCUT2D eigenvalue weighted by molar-refractivity contribution is -0.333. The number of rotatable bonds is 7. The fraction of sp³-hybridized carbons (Fsp3) is 0.973. The van der Waals surface area contributed by atoms with Gasteiger partial charge < -0.3 is 64.6 Å². The molecule has 14 heteroatoms. The van der Waals surface area contributed by atoms with Gasteiger partial charge in [-0.2, -0.15) is 0 Å². The first-order valence-electron chi connectivity index (χ1n) is 18.8. The summed E-state index contributed by atoms with van der Waals surface area (Å²) in [5, 5.41) is 64.3. The van der Waals surface area contributed by atoms with Crippen LogP contribution in [0.15, 0.2) is 0 Å². The lowest BCUT2D eigenvalue weighted by Gasteiger charge is -2.52. The van der Waals surface area contributed by atoms with Crippen LogP contribution in [0, 0.1) is 17.8 Å². The highest BCUT2D eigenvalue weighted by molar-refractivity contribution is 5.73. The van der Waals surface area contributed by atoms with E-state index < -0.39 is 95.5 Å². The summed E-state index contributed by atoms with van der Waals surface area (Å²) in [6.07, 6.45) is -7.46. The highest BCUT2D eigenvalue weighted by Gasteiger charge is 2.56. The molecule has 18 atom stereocenters. The molecule has 0 aromatic carbocycles. The van der Waals surface area contributed by atoms with Crippen molar-refractivity contribution in [3.8, 4) is 0 Å². The zero-order chi connectivity index (χ0) is 38.9. The number of hydrogen-bond donors (Lipinski definition) is 7. The smallest absolute Gasteiger partial charge is 0.311 e. The van der Waals surface area contributed by atoms with Crippen molar-refractivity contribution in [3.05, 3.63) is 0 Å². The topological polar surface area (TPSA) is 198 Å². The Hall–Kier alpha value is -1.01. The maximum absolute atomic E-state index is 14.1. The van der Waals surface area contributed by atoms with E-state index in [1.165, 1.54) is 14.0 Å². The third-order valence-corrected chi connectivity index (χ3v) is 12.2.